The average molecular weight is 711 g/mol. The highest BCUT2D eigenvalue weighted by Gasteiger charge is 2.42. The Labute approximate surface area is 285 Å². The second-order valence-electron chi connectivity index (χ2n) is 11.6. The van der Waals surface area contributed by atoms with Gasteiger partial charge in [0.25, 0.3) is 5.91 Å². The Balaban J connectivity index is 0.00000174. The van der Waals surface area contributed by atoms with E-state index >= 15 is 4.39 Å². The molecule has 1 aromatic carbocycles. The highest BCUT2D eigenvalue weighted by Crippen LogP contribution is 2.44. The highest BCUT2D eigenvalue weighted by molar-refractivity contribution is 7.23. The van der Waals surface area contributed by atoms with Gasteiger partial charge in [-0.25, -0.2) is 4.39 Å². The van der Waals surface area contributed by atoms with Gasteiger partial charge in [0.1, 0.15) is 18.0 Å². The third kappa shape index (κ3) is 8.75. The molecule has 1 fully saturated rings. The maximum Gasteiger partial charge on any atom is 0.393 e. The lowest BCUT2D eigenvalue weighted by Crippen LogP contribution is -2.59. The van der Waals surface area contributed by atoms with E-state index in [1.54, 1.807) is 25.2 Å². The second-order valence-corrected chi connectivity index (χ2v) is 12.7. The van der Waals surface area contributed by atoms with Crippen molar-refractivity contribution in [1.29, 1.82) is 0 Å². The number of hydrogen-bond donors (Lipinski definition) is 3. The monoisotopic (exact) mass is 710 g/mol. The van der Waals surface area contributed by atoms with Crippen LogP contribution < -0.4 is 20.7 Å². The van der Waals surface area contributed by atoms with E-state index in [1.165, 1.54) is 18.0 Å². The van der Waals surface area contributed by atoms with Gasteiger partial charge >= 0.3 is 6.18 Å². The molecule has 0 aliphatic carbocycles. The van der Waals surface area contributed by atoms with E-state index in [0.29, 0.717) is 35.0 Å². The summed E-state index contributed by atoms with van der Waals surface area (Å²) in [6.07, 6.45) is -3.17. The number of carbonyl (C=O) groups is 2. The first-order chi connectivity index (χ1) is 23.4. The van der Waals surface area contributed by atoms with Crippen molar-refractivity contribution < 1.29 is 36.4 Å². The number of halogens is 4. The Morgan fingerprint density at radius 2 is 1.96 bits per heavy atom. The molecule has 4 unspecified atom stereocenters. The average Bonchev–Trinajstić information content (AvgIpc) is 3.78. The first-order valence-corrected chi connectivity index (χ1v) is 16.7. The van der Waals surface area contributed by atoms with Crippen LogP contribution in [0.15, 0.2) is 28.9 Å². The number of ether oxygens (including phenoxy) is 1. The van der Waals surface area contributed by atoms with Crippen LogP contribution in [0.3, 0.4) is 0 Å². The van der Waals surface area contributed by atoms with Gasteiger partial charge in [0, 0.05) is 25.3 Å². The third-order valence-corrected chi connectivity index (χ3v) is 9.47. The quantitative estimate of drug-likeness (QED) is 0.134. The number of methoxy groups -OCH3 is 1. The van der Waals surface area contributed by atoms with E-state index in [1.807, 2.05) is 32.8 Å². The van der Waals surface area contributed by atoms with Gasteiger partial charge in [0.05, 0.1) is 47.9 Å². The Hall–Kier alpha value is -4.09. The van der Waals surface area contributed by atoms with E-state index in [-0.39, 0.29) is 52.7 Å². The lowest BCUT2D eigenvalue weighted by atomic mass is 9.86. The smallest absolute Gasteiger partial charge is 0.393 e. The number of alkyl halides is 4. The fraction of sp³-hybridized carbons (Fsp3) is 0.531. The van der Waals surface area contributed by atoms with Crippen LogP contribution in [0, 0.1) is 0 Å². The number of nitrogens with zero attached hydrogens (tertiary/aromatic N) is 5. The van der Waals surface area contributed by atoms with Crippen molar-refractivity contribution in [2.75, 3.05) is 33.1 Å². The molecule has 4 aromatic rings. The molecule has 17 heteroatoms. The summed E-state index contributed by atoms with van der Waals surface area (Å²) in [5, 5.41) is 17.0. The molecule has 1 amide bonds. The van der Waals surface area contributed by atoms with Gasteiger partial charge in [-0.3, -0.25) is 14.4 Å². The molecule has 5 rings (SSSR count). The molecule has 1 aliphatic heterocycles. The summed E-state index contributed by atoms with van der Waals surface area (Å²) in [5.74, 6) is -0.465. The fourth-order valence-corrected chi connectivity index (χ4v) is 7.36. The van der Waals surface area contributed by atoms with Crippen molar-refractivity contribution in [2.24, 2.45) is 7.05 Å². The summed E-state index contributed by atoms with van der Waals surface area (Å²) in [5.41, 5.74) is 0.657. The summed E-state index contributed by atoms with van der Waals surface area (Å²) < 4.78 is 69.8. The van der Waals surface area contributed by atoms with Crippen molar-refractivity contribution in [3.63, 3.8) is 0 Å². The Morgan fingerprint density at radius 3 is 2.59 bits per heavy atom. The summed E-state index contributed by atoms with van der Waals surface area (Å²) in [4.78, 5) is 30.3. The number of nitrogens with one attached hydrogen (secondary N) is 3. The molecule has 1 aliphatic rings. The van der Waals surface area contributed by atoms with Crippen LogP contribution in [0.25, 0.3) is 20.8 Å². The molecule has 0 bridgehead atoms. The minimum atomic E-state index is -4.53. The summed E-state index contributed by atoms with van der Waals surface area (Å²) in [6, 6.07) is 3.82. The number of likely N-dealkylation sites (tertiary alicyclic amines) is 1. The van der Waals surface area contributed by atoms with Gasteiger partial charge < -0.3 is 30.0 Å². The van der Waals surface area contributed by atoms with Gasteiger partial charge in [-0.2, -0.15) is 18.2 Å². The van der Waals surface area contributed by atoms with E-state index in [9.17, 15) is 22.8 Å². The Kier molecular flexibility index (Phi) is 12.7. The molecule has 3 N–H and O–H groups in total. The summed E-state index contributed by atoms with van der Waals surface area (Å²) in [7, 11) is 6.76. The van der Waals surface area contributed by atoms with Crippen LogP contribution in [0.4, 0.5) is 23.2 Å². The largest absolute Gasteiger partial charge is 0.479 e. The van der Waals surface area contributed by atoms with Crippen molar-refractivity contribution >= 4 is 39.3 Å². The first-order valence-electron chi connectivity index (χ1n) is 15.9. The molecule has 0 saturated carbocycles. The standard InChI is InChI=1S/C30H35F4N7O4S.C2H7N/c1-5-16-12-21(24(31)22(6-2)41(16)10-11-42)36-20-9-7-8-17-18(13-30(32,33)34)26(46-25(17)20)27-37-23(45-39-27)14-35-28(43)19-15-40(3)38-29(19)44-4;1-3-2/h7-9,11,15-16,21-22,24,36H,5-6,10,12-14H2,1-4H3,(H,35,43);3H,1-2H3. The Morgan fingerprint density at radius 1 is 1.22 bits per heavy atom. The zero-order chi connectivity index (χ0) is 35.9. The molecular weight excluding hydrogens is 668 g/mol. The molecule has 0 radical (unpaired) electrons. The van der Waals surface area contributed by atoms with Crippen molar-refractivity contribution in [2.45, 2.75) is 76.5 Å². The number of rotatable bonds is 12. The molecule has 1 saturated heterocycles. The zero-order valence-electron chi connectivity index (χ0n) is 28.2. The minimum absolute atomic E-state index is 0.0152. The predicted molar refractivity (Wildman–Crippen MR) is 179 cm³/mol. The first kappa shape index (κ1) is 37.7. The van der Waals surface area contributed by atoms with Crippen LogP contribution in [-0.2, 0) is 24.8 Å². The van der Waals surface area contributed by atoms with E-state index in [2.05, 4.69) is 31.2 Å². The molecule has 49 heavy (non-hydrogen) atoms. The second kappa shape index (κ2) is 16.5. The maximum absolute atomic E-state index is 15.9. The molecule has 268 valence electrons. The summed E-state index contributed by atoms with van der Waals surface area (Å²) in [6.45, 7) is 3.82. The number of anilines is 1. The van der Waals surface area contributed by atoms with E-state index < -0.39 is 36.8 Å². The molecular formula is C32H42F4N8O4S. The van der Waals surface area contributed by atoms with E-state index in [0.717, 1.165) is 17.6 Å². The number of thiophene rings is 1. The number of carbonyl (C=O) groups excluding carboxylic acids is 2. The third-order valence-electron chi connectivity index (χ3n) is 8.19. The lowest BCUT2D eigenvalue weighted by Gasteiger charge is -2.46. The number of aldehydes is 1. The van der Waals surface area contributed by atoms with Crippen molar-refractivity contribution in [3.05, 3.63) is 41.4 Å². The maximum atomic E-state index is 15.9. The lowest BCUT2D eigenvalue weighted by molar-refractivity contribution is -0.126. The molecule has 4 atom stereocenters. The van der Waals surface area contributed by atoms with Crippen LogP contribution in [0.5, 0.6) is 5.88 Å². The molecule has 4 heterocycles. The predicted octanol–water partition coefficient (Wildman–Crippen LogP) is 5.14. The number of hydrogen-bond acceptors (Lipinski definition) is 11. The van der Waals surface area contributed by atoms with Gasteiger partial charge in [-0.05, 0) is 50.4 Å². The topological polar surface area (TPSA) is 139 Å². The van der Waals surface area contributed by atoms with Crippen LogP contribution in [0.1, 0.15) is 54.9 Å². The highest BCUT2D eigenvalue weighted by atomic mass is 32.1. The fourth-order valence-electron chi connectivity index (χ4n) is 6.14. The molecule has 3 aromatic heterocycles. The minimum Gasteiger partial charge on any atom is -0.479 e. The van der Waals surface area contributed by atoms with Gasteiger partial charge in [0.15, 0.2) is 0 Å². The Bertz CT molecular complexity index is 1710. The number of piperidine rings is 1. The van der Waals surface area contributed by atoms with Crippen LogP contribution in [0.2, 0.25) is 0 Å². The van der Waals surface area contributed by atoms with Gasteiger partial charge in [-0.1, -0.05) is 31.1 Å². The number of fused-ring (bicyclic) bond motifs is 1. The van der Waals surface area contributed by atoms with Crippen LogP contribution in [-0.4, -0.2) is 95.2 Å². The zero-order valence-corrected chi connectivity index (χ0v) is 29.0. The van der Waals surface area contributed by atoms with E-state index in [4.69, 9.17) is 9.26 Å². The molecule has 0 spiro atoms. The number of aromatic nitrogens is 4. The van der Waals surface area contributed by atoms with Gasteiger partial charge in [0.2, 0.25) is 17.6 Å². The van der Waals surface area contributed by atoms with Crippen LogP contribution >= 0.6 is 11.3 Å². The number of aryl methyl sites for hydroxylation is 1. The normalized spacial score (nSPS) is 19.7. The SMILES string of the molecule is CCC1CC(Nc2cccc3c(CC(F)(F)F)c(-c4noc(CNC(=O)c5cn(C)nc5OC)n4)sc23)C(F)C(CC)N1CC=O.CNC. The number of benzene rings is 1. The van der Waals surface area contributed by atoms with Crippen molar-refractivity contribution in [3.8, 4) is 16.6 Å². The molecule has 12 nitrogen and oxygen atoms in total. The number of amides is 1. The summed E-state index contributed by atoms with van der Waals surface area (Å²) >= 11 is 1.06. The van der Waals surface area contributed by atoms with Gasteiger partial charge in [-0.15, -0.1) is 16.4 Å². The van der Waals surface area contributed by atoms with Crippen molar-refractivity contribution in [1.82, 2.24) is 35.5 Å².